The van der Waals surface area contributed by atoms with E-state index in [-0.39, 0.29) is 6.04 Å². The zero-order chi connectivity index (χ0) is 9.26. The van der Waals surface area contributed by atoms with Crippen molar-refractivity contribution in [2.75, 3.05) is 11.9 Å². The van der Waals surface area contributed by atoms with Gasteiger partial charge in [-0.15, -0.1) is 0 Å². The van der Waals surface area contributed by atoms with E-state index in [4.69, 9.17) is 5.73 Å². The lowest BCUT2D eigenvalue weighted by atomic mass is 10.0. The number of para-hydroxylation sites is 1. The van der Waals surface area contributed by atoms with Crippen LogP contribution in [0.2, 0.25) is 0 Å². The van der Waals surface area contributed by atoms with Gasteiger partial charge >= 0.3 is 0 Å². The molecule has 1 aliphatic heterocycles. The second kappa shape index (κ2) is 3.36. The largest absolute Gasteiger partial charge is 0.387 e. The molecule has 0 bridgehead atoms. The Kier molecular flexibility index (Phi) is 2.20. The molecule has 2 atom stereocenters. The first-order valence-electron chi connectivity index (χ1n) is 4.55. The number of nitrogens with one attached hydrogen (secondary N) is 1. The first kappa shape index (κ1) is 8.53. The zero-order valence-corrected chi connectivity index (χ0v) is 7.40. The van der Waals surface area contributed by atoms with Crippen molar-refractivity contribution >= 4 is 5.69 Å². The molecule has 4 N–H and O–H groups in total. The minimum absolute atomic E-state index is 0.156. The molecule has 3 nitrogen and oxygen atoms in total. The quantitative estimate of drug-likeness (QED) is 0.552. The van der Waals surface area contributed by atoms with Crippen molar-refractivity contribution in [2.45, 2.75) is 18.6 Å². The van der Waals surface area contributed by atoms with Gasteiger partial charge in [0.25, 0.3) is 0 Å². The smallest absolute Gasteiger partial charge is 0.0961 e. The molecule has 1 aliphatic rings. The SMILES string of the molecule is NC1CCNc2ccccc2C1O. The van der Waals surface area contributed by atoms with Crippen LogP contribution in [-0.4, -0.2) is 17.7 Å². The second-order valence-electron chi connectivity index (χ2n) is 3.41. The second-order valence-corrected chi connectivity index (χ2v) is 3.41. The number of anilines is 1. The first-order chi connectivity index (χ1) is 6.29. The van der Waals surface area contributed by atoms with Crippen LogP contribution in [0.15, 0.2) is 24.3 Å². The summed E-state index contributed by atoms with van der Waals surface area (Å²) in [7, 11) is 0. The predicted octanol–water partition coefficient (Wildman–Crippen LogP) is 0.863. The maximum absolute atomic E-state index is 9.84. The van der Waals surface area contributed by atoms with Crippen LogP contribution >= 0.6 is 0 Å². The molecule has 13 heavy (non-hydrogen) atoms. The average Bonchev–Trinajstić information content (AvgIpc) is 2.29. The normalized spacial score (nSPS) is 27.2. The Bertz CT molecular complexity index is 301. The summed E-state index contributed by atoms with van der Waals surface area (Å²) in [5.74, 6) is 0. The molecule has 3 heteroatoms. The Labute approximate surface area is 77.6 Å². The Morgan fingerprint density at radius 1 is 1.38 bits per heavy atom. The van der Waals surface area contributed by atoms with Crippen LogP contribution in [-0.2, 0) is 0 Å². The summed E-state index contributed by atoms with van der Waals surface area (Å²) in [6.07, 6.45) is 0.266. The van der Waals surface area contributed by atoms with Crippen molar-refractivity contribution in [1.29, 1.82) is 0 Å². The fourth-order valence-electron chi connectivity index (χ4n) is 1.68. The molecule has 0 amide bonds. The van der Waals surface area contributed by atoms with E-state index in [1.54, 1.807) is 0 Å². The lowest BCUT2D eigenvalue weighted by molar-refractivity contribution is 0.146. The lowest BCUT2D eigenvalue weighted by Gasteiger charge is -2.16. The summed E-state index contributed by atoms with van der Waals surface area (Å²) >= 11 is 0. The van der Waals surface area contributed by atoms with Gasteiger partial charge in [-0.2, -0.15) is 0 Å². The van der Waals surface area contributed by atoms with Crippen LogP contribution in [0.1, 0.15) is 18.1 Å². The highest BCUT2D eigenvalue weighted by molar-refractivity contribution is 5.53. The number of benzene rings is 1. The third-order valence-electron chi connectivity index (χ3n) is 2.48. The van der Waals surface area contributed by atoms with E-state index >= 15 is 0 Å². The highest BCUT2D eigenvalue weighted by atomic mass is 16.3. The Balaban J connectivity index is 2.40. The van der Waals surface area contributed by atoms with E-state index in [1.807, 2.05) is 24.3 Å². The minimum atomic E-state index is -0.536. The van der Waals surface area contributed by atoms with Gasteiger partial charge in [0.2, 0.25) is 0 Å². The maximum atomic E-state index is 9.84. The van der Waals surface area contributed by atoms with E-state index in [2.05, 4.69) is 5.32 Å². The molecule has 1 aromatic carbocycles. The highest BCUT2D eigenvalue weighted by Crippen LogP contribution is 2.27. The van der Waals surface area contributed by atoms with Gasteiger partial charge in [-0.05, 0) is 12.5 Å². The fourth-order valence-corrected chi connectivity index (χ4v) is 1.68. The molecular weight excluding hydrogens is 164 g/mol. The van der Waals surface area contributed by atoms with Crippen LogP contribution < -0.4 is 11.1 Å². The number of hydrogen-bond acceptors (Lipinski definition) is 3. The molecule has 70 valence electrons. The molecule has 2 rings (SSSR count). The number of aliphatic hydroxyl groups excluding tert-OH is 1. The van der Waals surface area contributed by atoms with Crippen LogP contribution in [0.4, 0.5) is 5.69 Å². The Hall–Kier alpha value is -1.06. The van der Waals surface area contributed by atoms with E-state index in [0.717, 1.165) is 24.2 Å². The summed E-state index contributed by atoms with van der Waals surface area (Å²) in [5.41, 5.74) is 7.72. The molecule has 0 radical (unpaired) electrons. The predicted molar refractivity (Wildman–Crippen MR) is 52.5 cm³/mol. The van der Waals surface area contributed by atoms with E-state index in [9.17, 15) is 5.11 Å². The molecule has 1 heterocycles. The van der Waals surface area contributed by atoms with Gasteiger partial charge in [0.15, 0.2) is 0 Å². The topological polar surface area (TPSA) is 58.3 Å². The van der Waals surface area contributed by atoms with Crippen molar-refractivity contribution in [2.24, 2.45) is 5.73 Å². The number of fused-ring (bicyclic) bond motifs is 1. The monoisotopic (exact) mass is 178 g/mol. The lowest BCUT2D eigenvalue weighted by Crippen LogP contribution is -2.28. The summed E-state index contributed by atoms with van der Waals surface area (Å²) in [4.78, 5) is 0. The van der Waals surface area contributed by atoms with Crippen LogP contribution in [0.5, 0.6) is 0 Å². The number of nitrogens with two attached hydrogens (primary N) is 1. The average molecular weight is 178 g/mol. The molecule has 0 fully saturated rings. The molecule has 0 saturated heterocycles. The molecular formula is C10H14N2O. The Morgan fingerprint density at radius 2 is 2.15 bits per heavy atom. The highest BCUT2D eigenvalue weighted by Gasteiger charge is 2.21. The van der Waals surface area contributed by atoms with Crippen LogP contribution in [0.3, 0.4) is 0 Å². The van der Waals surface area contributed by atoms with Crippen LogP contribution in [0.25, 0.3) is 0 Å². The number of hydrogen-bond donors (Lipinski definition) is 3. The van der Waals surface area contributed by atoms with Gasteiger partial charge < -0.3 is 16.2 Å². The summed E-state index contributed by atoms with van der Waals surface area (Å²) in [5, 5.41) is 13.1. The third kappa shape index (κ3) is 1.53. The molecule has 0 saturated carbocycles. The maximum Gasteiger partial charge on any atom is 0.0961 e. The molecule has 0 aliphatic carbocycles. The molecule has 0 aromatic heterocycles. The molecule has 0 spiro atoms. The molecule has 1 aromatic rings. The summed E-state index contributed by atoms with van der Waals surface area (Å²) < 4.78 is 0. The van der Waals surface area contributed by atoms with Crippen molar-refractivity contribution in [1.82, 2.24) is 0 Å². The molecule has 2 unspecified atom stereocenters. The standard InChI is InChI=1S/C10H14N2O/c11-8-5-6-12-9-4-2-1-3-7(9)10(8)13/h1-4,8,10,12-13H,5-6,11H2. The Morgan fingerprint density at radius 3 is 3.00 bits per heavy atom. The van der Waals surface area contributed by atoms with Crippen molar-refractivity contribution in [3.05, 3.63) is 29.8 Å². The third-order valence-corrected chi connectivity index (χ3v) is 2.48. The van der Waals surface area contributed by atoms with Gasteiger partial charge in [-0.1, -0.05) is 18.2 Å². The van der Waals surface area contributed by atoms with E-state index < -0.39 is 6.10 Å². The van der Waals surface area contributed by atoms with Gasteiger partial charge in [0.1, 0.15) is 0 Å². The van der Waals surface area contributed by atoms with Gasteiger partial charge in [0, 0.05) is 23.8 Å². The summed E-state index contributed by atoms with van der Waals surface area (Å²) in [6, 6.07) is 7.60. The summed E-state index contributed by atoms with van der Waals surface area (Å²) in [6.45, 7) is 0.829. The zero-order valence-electron chi connectivity index (χ0n) is 7.40. The van der Waals surface area contributed by atoms with Crippen LogP contribution in [0, 0.1) is 0 Å². The number of rotatable bonds is 0. The first-order valence-corrected chi connectivity index (χ1v) is 4.55. The van der Waals surface area contributed by atoms with Crippen molar-refractivity contribution in [3.8, 4) is 0 Å². The van der Waals surface area contributed by atoms with Gasteiger partial charge in [-0.3, -0.25) is 0 Å². The van der Waals surface area contributed by atoms with Crippen molar-refractivity contribution in [3.63, 3.8) is 0 Å². The van der Waals surface area contributed by atoms with Crippen molar-refractivity contribution < 1.29 is 5.11 Å². The minimum Gasteiger partial charge on any atom is -0.387 e. The number of aliphatic hydroxyl groups is 1. The van der Waals surface area contributed by atoms with E-state index in [1.165, 1.54) is 0 Å². The van der Waals surface area contributed by atoms with E-state index in [0.29, 0.717) is 0 Å². The fraction of sp³-hybridized carbons (Fsp3) is 0.400. The van der Waals surface area contributed by atoms with Gasteiger partial charge in [-0.25, -0.2) is 0 Å². The van der Waals surface area contributed by atoms with Gasteiger partial charge in [0.05, 0.1) is 6.10 Å².